The molecule has 1 amide bonds. The van der Waals surface area contributed by atoms with Gasteiger partial charge in [-0.1, -0.05) is 152 Å². The van der Waals surface area contributed by atoms with Crippen LogP contribution in [0.15, 0.2) is 187 Å². The maximum absolute atomic E-state index is 15.8. The number of carboxylic acids is 1. The van der Waals surface area contributed by atoms with Gasteiger partial charge in [0.05, 0.1) is 28.4 Å². The van der Waals surface area contributed by atoms with E-state index in [0.717, 1.165) is 22.3 Å². The first kappa shape index (κ1) is 49.6. The summed E-state index contributed by atoms with van der Waals surface area (Å²) in [6.45, 7) is -0.458. The number of carboxylic acid groups (broad SMARTS) is 1. The highest BCUT2D eigenvalue weighted by molar-refractivity contribution is 7.89. The Hall–Kier alpha value is -8.40. The zero-order valence-electron chi connectivity index (χ0n) is 40.7. The number of nitrogens with one attached hydrogen (secondary N) is 1. The smallest absolute Gasteiger partial charge is 0.407 e. The molecule has 1 heterocycles. The number of nitrogens with zero attached hydrogens (tertiary/aromatic N) is 3. The third-order valence-corrected chi connectivity index (χ3v) is 15.0. The van der Waals surface area contributed by atoms with Crippen molar-refractivity contribution < 1.29 is 46.8 Å². The fourth-order valence-corrected chi connectivity index (χ4v) is 11.1. The van der Waals surface area contributed by atoms with Crippen molar-refractivity contribution in [1.82, 2.24) is 19.2 Å². The molecule has 73 heavy (non-hydrogen) atoms. The number of aromatic nitrogens is 2. The molecule has 15 heteroatoms. The molecule has 1 aliphatic rings. The number of amides is 1. The Morgan fingerprint density at radius 3 is 1.53 bits per heavy atom. The summed E-state index contributed by atoms with van der Waals surface area (Å²) in [5.74, 6) is 0.139. The van der Waals surface area contributed by atoms with Crippen molar-refractivity contribution in [2.24, 2.45) is 0 Å². The average molecular weight is 999 g/mol. The molecule has 1 aromatic heterocycles. The zero-order valence-corrected chi connectivity index (χ0v) is 41.5. The Bertz CT molecular complexity index is 3150. The molecule has 7 aromatic carbocycles. The van der Waals surface area contributed by atoms with E-state index in [2.05, 4.69) is 5.32 Å². The quantitative estimate of drug-likeness (QED) is 0.0698. The first-order valence-electron chi connectivity index (χ1n) is 23.5. The molecule has 9 rings (SSSR count). The molecule has 0 saturated carbocycles. The van der Waals surface area contributed by atoms with Crippen LogP contribution in [-0.2, 0) is 44.6 Å². The Labute approximate surface area is 424 Å². The molecule has 0 aliphatic heterocycles. The number of benzene rings is 7. The monoisotopic (exact) mass is 998 g/mol. The summed E-state index contributed by atoms with van der Waals surface area (Å²) in [5, 5.41) is 13.2. The normalized spacial score (nSPS) is 12.6. The maximum atomic E-state index is 15.8. The summed E-state index contributed by atoms with van der Waals surface area (Å²) < 4.78 is 62.9. The van der Waals surface area contributed by atoms with E-state index in [-0.39, 0.29) is 36.5 Å². The van der Waals surface area contributed by atoms with E-state index in [4.69, 9.17) is 28.7 Å². The van der Waals surface area contributed by atoms with E-state index in [9.17, 15) is 14.7 Å². The van der Waals surface area contributed by atoms with Gasteiger partial charge in [0.1, 0.15) is 47.0 Å². The van der Waals surface area contributed by atoms with Gasteiger partial charge in [-0.25, -0.2) is 23.0 Å². The number of carbonyl (C=O) groups is 2. The number of carbonyl (C=O) groups excluding carboxylic acids is 1. The third kappa shape index (κ3) is 9.84. The van der Waals surface area contributed by atoms with Crippen molar-refractivity contribution in [2.75, 3.05) is 35.0 Å². The number of aliphatic carboxylic acids is 1. The molecule has 372 valence electrons. The van der Waals surface area contributed by atoms with Crippen molar-refractivity contribution in [1.29, 1.82) is 0 Å². The molecule has 0 unspecified atom stereocenters. The van der Waals surface area contributed by atoms with Crippen molar-refractivity contribution in [3.63, 3.8) is 0 Å². The first-order valence-corrected chi connectivity index (χ1v) is 25.0. The summed E-state index contributed by atoms with van der Waals surface area (Å²) in [4.78, 5) is 32.3. The SMILES string of the molecule is COc1ccc(CN(Cc2ccc(OC)cc2OC)S(=O)(=O)c2cn(C(c3ccccc3)(c3ccccc3)c3ccccc3)c(C[C@H](NC(=O)OCC3c4ccccc4-c4ccccc43)C(=O)O)n2)c(OC)c1. The van der Waals surface area contributed by atoms with Gasteiger partial charge in [-0.2, -0.15) is 4.31 Å². The highest BCUT2D eigenvalue weighted by Gasteiger charge is 2.43. The summed E-state index contributed by atoms with van der Waals surface area (Å²) >= 11 is 0. The Morgan fingerprint density at radius 2 is 1.10 bits per heavy atom. The highest BCUT2D eigenvalue weighted by Crippen LogP contribution is 2.45. The summed E-state index contributed by atoms with van der Waals surface area (Å²) in [6, 6.07) is 52.9. The number of imidazole rings is 1. The first-order chi connectivity index (χ1) is 35.5. The Kier molecular flexibility index (Phi) is 14.6. The summed E-state index contributed by atoms with van der Waals surface area (Å²) in [5.41, 5.74) is 5.88. The van der Waals surface area contributed by atoms with Gasteiger partial charge in [0, 0.05) is 54.9 Å². The minimum absolute atomic E-state index is 0.0329. The van der Waals surface area contributed by atoms with Gasteiger partial charge in [-0.3, -0.25) is 0 Å². The van der Waals surface area contributed by atoms with Crippen LogP contribution >= 0.6 is 0 Å². The molecule has 0 spiro atoms. The summed E-state index contributed by atoms with van der Waals surface area (Å²) in [6.07, 6.45) is 0.0173. The number of hydrogen-bond donors (Lipinski definition) is 2. The molecular formula is C58H54N4O10S. The van der Waals surface area contributed by atoms with Gasteiger partial charge in [-0.15, -0.1) is 0 Å². The maximum Gasteiger partial charge on any atom is 0.407 e. The van der Waals surface area contributed by atoms with Gasteiger partial charge >= 0.3 is 12.1 Å². The third-order valence-electron chi connectivity index (χ3n) is 13.3. The fraction of sp³-hybridized carbons (Fsp3) is 0.190. The lowest BCUT2D eigenvalue weighted by molar-refractivity contribution is -0.139. The van der Waals surface area contributed by atoms with Crippen molar-refractivity contribution >= 4 is 22.1 Å². The second-order valence-electron chi connectivity index (χ2n) is 17.4. The second kappa shape index (κ2) is 21.5. The Balaban J connectivity index is 1.18. The number of sulfonamides is 1. The van der Waals surface area contributed by atoms with Gasteiger partial charge in [0.2, 0.25) is 0 Å². The van der Waals surface area contributed by atoms with Crippen LogP contribution < -0.4 is 24.3 Å². The largest absolute Gasteiger partial charge is 0.497 e. The van der Waals surface area contributed by atoms with E-state index < -0.39 is 40.1 Å². The minimum atomic E-state index is -4.67. The average Bonchev–Trinajstić information content (AvgIpc) is 4.00. The molecule has 0 fully saturated rings. The molecule has 0 radical (unpaired) electrons. The van der Waals surface area contributed by atoms with E-state index in [1.807, 2.05) is 140 Å². The predicted octanol–water partition coefficient (Wildman–Crippen LogP) is 9.68. The van der Waals surface area contributed by atoms with Crippen molar-refractivity contribution in [3.8, 4) is 34.1 Å². The number of alkyl carbamates (subject to hydrolysis) is 1. The molecule has 0 bridgehead atoms. The molecule has 0 saturated heterocycles. The van der Waals surface area contributed by atoms with Gasteiger partial charge < -0.3 is 38.7 Å². The fourth-order valence-electron chi connectivity index (χ4n) is 9.78. The molecule has 14 nitrogen and oxygen atoms in total. The summed E-state index contributed by atoms with van der Waals surface area (Å²) in [7, 11) is 1.36. The van der Waals surface area contributed by atoms with Crippen LogP contribution in [0, 0.1) is 0 Å². The Morgan fingerprint density at radius 1 is 0.644 bits per heavy atom. The number of ether oxygens (including phenoxy) is 5. The van der Waals surface area contributed by atoms with Crippen LogP contribution in [-0.4, -0.2) is 80.5 Å². The van der Waals surface area contributed by atoms with Gasteiger partial charge in [0.25, 0.3) is 10.0 Å². The van der Waals surface area contributed by atoms with Crippen LogP contribution in [0.3, 0.4) is 0 Å². The van der Waals surface area contributed by atoms with Crippen LogP contribution in [0.1, 0.15) is 50.7 Å². The van der Waals surface area contributed by atoms with Crippen LogP contribution in [0.5, 0.6) is 23.0 Å². The van der Waals surface area contributed by atoms with E-state index in [1.54, 1.807) is 41.0 Å². The standard InChI is InChI=1S/C58H54N4O10S/c1-68-44-30-28-39(52(32-44)70-3)35-61(36-40-29-31-45(69-2)33-53(40)71-4)73(66,67)55-37-62(58(41-18-8-5-9-19-41,42-20-10-6-11-21-42)43-22-12-7-13-23-43)54(60-55)34-51(56(63)64)59-57(65)72-38-50-48-26-16-14-24-46(48)47-25-15-17-27-49(47)50/h5-33,37,50-51H,34-36,38H2,1-4H3,(H,59,65)(H,63,64)/t51-/m0/s1. The lowest BCUT2D eigenvalue weighted by Gasteiger charge is -2.38. The van der Waals surface area contributed by atoms with Crippen LogP contribution in [0.4, 0.5) is 4.79 Å². The molecule has 8 aromatic rings. The van der Waals surface area contributed by atoms with Gasteiger partial charge in [-0.05, 0) is 51.1 Å². The van der Waals surface area contributed by atoms with Crippen LogP contribution in [0.25, 0.3) is 11.1 Å². The molecular weight excluding hydrogens is 945 g/mol. The van der Waals surface area contributed by atoms with Gasteiger partial charge in [0.15, 0.2) is 5.03 Å². The molecule has 1 atom stereocenters. The van der Waals surface area contributed by atoms with E-state index >= 15 is 8.42 Å². The zero-order chi connectivity index (χ0) is 51.1. The minimum Gasteiger partial charge on any atom is -0.497 e. The topological polar surface area (TPSA) is 168 Å². The molecule has 2 N–H and O–H groups in total. The van der Waals surface area contributed by atoms with E-state index in [0.29, 0.717) is 50.8 Å². The van der Waals surface area contributed by atoms with Crippen molar-refractivity contribution in [3.05, 3.63) is 227 Å². The highest BCUT2D eigenvalue weighted by atomic mass is 32.2. The lowest BCUT2D eigenvalue weighted by atomic mass is 9.76. The lowest BCUT2D eigenvalue weighted by Crippen LogP contribution is -2.45. The second-order valence-corrected chi connectivity index (χ2v) is 19.3. The number of rotatable bonds is 20. The van der Waals surface area contributed by atoms with E-state index in [1.165, 1.54) is 38.9 Å². The van der Waals surface area contributed by atoms with Crippen molar-refractivity contribution in [2.45, 2.75) is 42.0 Å². The number of methoxy groups -OCH3 is 4. The van der Waals surface area contributed by atoms with Crippen LogP contribution in [0.2, 0.25) is 0 Å². The predicted molar refractivity (Wildman–Crippen MR) is 276 cm³/mol. The number of hydrogen-bond acceptors (Lipinski definition) is 10. The number of fused-ring (bicyclic) bond motifs is 3. The molecule has 1 aliphatic carbocycles.